The van der Waals surface area contributed by atoms with Crippen LogP contribution >= 0.6 is 24.8 Å². The first kappa shape index (κ1) is 27.1. The van der Waals surface area contributed by atoms with Crippen molar-refractivity contribution < 1.29 is 20.1 Å². The van der Waals surface area contributed by atoms with Gasteiger partial charge < -0.3 is 0 Å². The Balaban J connectivity index is 0.00000152. The Labute approximate surface area is 235 Å². The molecule has 4 heteroatoms. The van der Waals surface area contributed by atoms with Gasteiger partial charge in [-0.3, -0.25) is 0 Å². The van der Waals surface area contributed by atoms with Crippen molar-refractivity contribution in [3.8, 4) is 0 Å². The standard InChI is InChI=1S/C12H10Si.2C10H9.2ClH.Hf/c1-3-7-11(8-4-1)13-12-9-5-2-6-10-12;2*1-8-6-9-4-2-3-5-10(9)7-8;;;/h1-10H;2*2-7H,1H3;2*1H;. The van der Waals surface area contributed by atoms with Gasteiger partial charge in [-0.15, -0.1) is 24.8 Å². The van der Waals surface area contributed by atoms with E-state index in [0.29, 0.717) is 7.35 Å². The van der Waals surface area contributed by atoms with E-state index in [4.69, 9.17) is 0 Å². The van der Waals surface area contributed by atoms with Gasteiger partial charge in [0, 0.05) is 0 Å². The molecule has 2 atom stereocenters. The minimum absolute atomic E-state index is 0. The van der Waals surface area contributed by atoms with Crippen molar-refractivity contribution in [3.63, 3.8) is 0 Å². The van der Waals surface area contributed by atoms with E-state index >= 15 is 0 Å². The first-order chi connectivity index (χ1) is 16.7. The zero-order valence-electron chi connectivity index (χ0n) is 20.5. The summed E-state index contributed by atoms with van der Waals surface area (Å²) in [6, 6.07) is 41.5. The first-order valence-electron chi connectivity index (χ1n) is 12.1. The van der Waals surface area contributed by atoms with Gasteiger partial charge in [-0.05, 0) is 0 Å². The van der Waals surface area contributed by atoms with Crippen LogP contribution in [0, 0.1) is 0 Å². The molecule has 0 N–H and O–H groups in total. The van der Waals surface area contributed by atoms with Gasteiger partial charge >= 0.3 is 212 Å². The van der Waals surface area contributed by atoms with Crippen LogP contribution in [0.5, 0.6) is 0 Å². The van der Waals surface area contributed by atoms with Crippen LogP contribution in [0.15, 0.2) is 120 Å². The summed E-state index contributed by atoms with van der Waals surface area (Å²) in [5, 5.41) is 3.19. The second kappa shape index (κ2) is 11.6. The maximum atomic E-state index is 2.49. The van der Waals surface area contributed by atoms with E-state index in [1.54, 1.807) is 32.6 Å². The van der Waals surface area contributed by atoms with Crippen LogP contribution in [0.25, 0.3) is 12.2 Å². The molecule has 0 amide bonds. The summed E-state index contributed by atoms with van der Waals surface area (Å²) >= 11 is -2.60. The van der Waals surface area contributed by atoms with E-state index in [1.807, 2.05) is 0 Å². The summed E-state index contributed by atoms with van der Waals surface area (Å²) in [5.41, 5.74) is 8.34. The number of rotatable bonds is 4. The van der Waals surface area contributed by atoms with Crippen molar-refractivity contribution in [3.05, 3.63) is 143 Å². The van der Waals surface area contributed by atoms with Crippen LogP contribution in [0.1, 0.15) is 43.5 Å². The largest absolute Gasteiger partial charge is 0.147 e. The van der Waals surface area contributed by atoms with E-state index < -0.39 is 25.6 Å². The zero-order chi connectivity index (χ0) is 23.1. The minimum Gasteiger partial charge on any atom is -0.147 e. The van der Waals surface area contributed by atoms with E-state index in [-0.39, 0.29) is 24.8 Å². The molecule has 0 fully saturated rings. The molecular formula is C32H30Cl2HfSi. The predicted octanol–water partition coefficient (Wildman–Crippen LogP) is 7.57. The number of allylic oxidation sites excluding steroid dienone is 2. The second-order valence-corrected chi connectivity index (χ2v) is 28.9. The molecule has 2 aliphatic rings. The molecule has 6 rings (SSSR count). The number of benzene rings is 4. The zero-order valence-corrected chi connectivity index (χ0v) is 26.7. The molecule has 36 heavy (non-hydrogen) atoms. The SMILES string of the molecule is CC1=Cc2ccccc2[CH]1[Hf]([CH]1C(C)=Cc2ccccc21)=[Si](c1ccccc1)c1ccccc1.Cl.Cl. The van der Waals surface area contributed by atoms with E-state index in [0.717, 1.165) is 0 Å². The summed E-state index contributed by atoms with van der Waals surface area (Å²) in [7, 11) is 0. The summed E-state index contributed by atoms with van der Waals surface area (Å²) < 4.78 is 1.24. The van der Waals surface area contributed by atoms with Crippen molar-refractivity contribution in [2.75, 3.05) is 0 Å². The molecule has 4 aromatic carbocycles. The second-order valence-electron chi connectivity index (χ2n) is 9.46. The van der Waals surface area contributed by atoms with Crippen molar-refractivity contribution in [1.82, 2.24) is 0 Å². The van der Waals surface area contributed by atoms with Gasteiger partial charge in [-0.1, -0.05) is 0 Å². The van der Waals surface area contributed by atoms with Gasteiger partial charge in [0.05, 0.1) is 0 Å². The summed E-state index contributed by atoms with van der Waals surface area (Å²) in [6.45, 7) is 4.81. The van der Waals surface area contributed by atoms with Gasteiger partial charge in [0.1, 0.15) is 0 Å². The number of halogens is 2. The quantitative estimate of drug-likeness (QED) is 0.194. The fourth-order valence-electron chi connectivity index (χ4n) is 5.95. The molecule has 0 bridgehead atoms. The minimum atomic E-state index is -2.60. The van der Waals surface area contributed by atoms with Crippen LogP contribution in [0.3, 0.4) is 0 Å². The molecule has 0 heterocycles. The van der Waals surface area contributed by atoms with Crippen LogP contribution in [0.4, 0.5) is 0 Å². The molecule has 0 radical (unpaired) electrons. The average Bonchev–Trinajstić information content (AvgIpc) is 3.39. The third-order valence-corrected chi connectivity index (χ3v) is 36.9. The Bertz CT molecular complexity index is 1360. The number of hydrogen-bond donors (Lipinski definition) is 0. The van der Waals surface area contributed by atoms with Crippen LogP contribution in [-0.2, 0) is 20.1 Å². The van der Waals surface area contributed by atoms with Crippen LogP contribution < -0.4 is 10.4 Å². The third kappa shape index (κ3) is 4.81. The van der Waals surface area contributed by atoms with Gasteiger partial charge in [0.15, 0.2) is 0 Å². The van der Waals surface area contributed by atoms with Gasteiger partial charge in [-0.25, -0.2) is 0 Å². The van der Waals surface area contributed by atoms with Crippen molar-refractivity contribution in [2.45, 2.75) is 21.2 Å². The number of hydrogen-bond acceptors (Lipinski definition) is 0. The monoisotopic (exact) mass is 692 g/mol. The first-order valence-corrected chi connectivity index (χ1v) is 23.2. The Kier molecular flexibility index (Phi) is 8.73. The van der Waals surface area contributed by atoms with E-state index in [1.165, 1.54) is 11.1 Å². The molecule has 0 spiro atoms. The molecule has 2 aliphatic carbocycles. The molecule has 0 aliphatic heterocycles. The Morgan fingerprint density at radius 3 is 1.28 bits per heavy atom. The molecule has 2 unspecified atom stereocenters. The van der Waals surface area contributed by atoms with Gasteiger partial charge in [0.25, 0.3) is 0 Å². The molecule has 0 nitrogen and oxygen atoms in total. The molecular weight excluding hydrogens is 662 g/mol. The van der Waals surface area contributed by atoms with Crippen LogP contribution in [-0.4, -0.2) is 5.49 Å². The maximum Gasteiger partial charge on any atom is -0.147 e. The summed E-state index contributed by atoms with van der Waals surface area (Å²) in [4.78, 5) is 0. The Morgan fingerprint density at radius 1 is 0.500 bits per heavy atom. The fraction of sp³-hybridized carbons (Fsp3) is 0.125. The average molecular weight is 692 g/mol. The van der Waals surface area contributed by atoms with E-state index in [9.17, 15) is 0 Å². The fourth-order valence-corrected chi connectivity index (χ4v) is 41.5. The summed E-state index contributed by atoms with van der Waals surface area (Å²) in [5.74, 6) is 0. The molecule has 4 aromatic rings. The Hall–Kier alpha value is -1.97. The molecule has 180 valence electrons. The Morgan fingerprint density at radius 2 is 0.861 bits per heavy atom. The summed E-state index contributed by atoms with van der Waals surface area (Å²) in [6.07, 6.45) is 4.97. The third-order valence-electron chi connectivity index (χ3n) is 7.33. The topological polar surface area (TPSA) is 0 Å². The van der Waals surface area contributed by atoms with Crippen molar-refractivity contribution >= 4 is 52.8 Å². The molecule has 0 aromatic heterocycles. The smallest absolute Gasteiger partial charge is 0.147 e. The van der Waals surface area contributed by atoms with Crippen molar-refractivity contribution in [1.29, 1.82) is 0 Å². The van der Waals surface area contributed by atoms with E-state index in [2.05, 4.69) is 135 Å². The van der Waals surface area contributed by atoms with Crippen molar-refractivity contribution in [2.24, 2.45) is 0 Å². The predicted molar refractivity (Wildman–Crippen MR) is 158 cm³/mol. The molecule has 0 saturated carbocycles. The van der Waals surface area contributed by atoms with Gasteiger partial charge in [-0.2, -0.15) is 0 Å². The molecule has 0 saturated heterocycles. The van der Waals surface area contributed by atoms with Gasteiger partial charge in [0.2, 0.25) is 0 Å². The normalized spacial score (nSPS) is 17.1. The maximum absolute atomic E-state index is 2.60. The van der Waals surface area contributed by atoms with Crippen LogP contribution in [0.2, 0.25) is 0 Å². The number of fused-ring (bicyclic) bond motifs is 2.